The van der Waals surface area contributed by atoms with Gasteiger partial charge in [0.15, 0.2) is 5.78 Å². The molecule has 0 aliphatic carbocycles. The third kappa shape index (κ3) is 1.91. The fourth-order valence-electron chi connectivity index (χ4n) is 1.59. The summed E-state index contributed by atoms with van der Waals surface area (Å²) in [5, 5.41) is 19.7. The normalized spacial score (nSPS) is 9.56. The van der Waals surface area contributed by atoms with Gasteiger partial charge in [-0.1, -0.05) is 6.92 Å². The summed E-state index contributed by atoms with van der Waals surface area (Å²) in [5.41, 5.74) is 0.384. The number of rotatable bonds is 3. The van der Waals surface area contributed by atoms with Crippen LogP contribution >= 0.6 is 0 Å². The number of benzene rings is 1. The van der Waals surface area contributed by atoms with Crippen LogP contribution in [0.5, 0.6) is 0 Å². The van der Waals surface area contributed by atoms with Crippen LogP contribution in [0.4, 0.5) is 5.69 Å². The number of hydrogen-bond donors (Lipinski definition) is 0. The lowest BCUT2D eigenvalue weighted by molar-refractivity contribution is -0.385. The summed E-state index contributed by atoms with van der Waals surface area (Å²) >= 11 is 0. The van der Waals surface area contributed by atoms with Crippen LogP contribution < -0.4 is 0 Å². The highest BCUT2D eigenvalue weighted by atomic mass is 16.6. The fraction of sp³-hybridized carbons (Fsp3) is 0.273. The molecule has 5 nitrogen and oxygen atoms in total. The van der Waals surface area contributed by atoms with Crippen molar-refractivity contribution in [3.05, 3.63) is 38.9 Å². The third-order valence-corrected chi connectivity index (χ3v) is 2.32. The standard InChI is InChI=1S/C11H10N2O3/c1-3-9-8(6-12)4-5-10(7(2)14)11(9)13(15)16/h4-5H,3H2,1-2H3. The van der Waals surface area contributed by atoms with E-state index in [0.29, 0.717) is 12.0 Å². The first-order chi connectivity index (χ1) is 7.52. The third-order valence-electron chi connectivity index (χ3n) is 2.32. The van der Waals surface area contributed by atoms with Gasteiger partial charge in [0.25, 0.3) is 5.69 Å². The Morgan fingerprint density at radius 1 is 1.56 bits per heavy atom. The average Bonchev–Trinajstić information content (AvgIpc) is 2.26. The minimum Gasteiger partial charge on any atom is -0.294 e. The monoisotopic (exact) mass is 218 g/mol. The van der Waals surface area contributed by atoms with Gasteiger partial charge in [0.2, 0.25) is 0 Å². The van der Waals surface area contributed by atoms with E-state index in [9.17, 15) is 14.9 Å². The van der Waals surface area contributed by atoms with Crippen LogP contribution in [0.2, 0.25) is 0 Å². The van der Waals surface area contributed by atoms with E-state index >= 15 is 0 Å². The van der Waals surface area contributed by atoms with E-state index < -0.39 is 4.92 Å². The minimum absolute atomic E-state index is 0.0563. The minimum atomic E-state index is -0.601. The molecule has 0 aromatic heterocycles. The number of carbonyl (C=O) groups excluding carboxylic acids is 1. The van der Waals surface area contributed by atoms with Crippen molar-refractivity contribution in [3.8, 4) is 6.07 Å². The van der Waals surface area contributed by atoms with Crippen molar-refractivity contribution < 1.29 is 9.72 Å². The quantitative estimate of drug-likeness (QED) is 0.442. The maximum Gasteiger partial charge on any atom is 0.284 e. The van der Waals surface area contributed by atoms with Crippen LogP contribution in [-0.2, 0) is 6.42 Å². The number of Topliss-reactive ketones (excluding diaryl/α,β-unsaturated/α-hetero) is 1. The number of hydrogen-bond acceptors (Lipinski definition) is 4. The highest BCUT2D eigenvalue weighted by Gasteiger charge is 2.24. The van der Waals surface area contributed by atoms with E-state index in [0.717, 1.165) is 0 Å². The number of nitriles is 1. The Labute approximate surface area is 92.5 Å². The van der Waals surface area contributed by atoms with Gasteiger partial charge in [0.05, 0.1) is 22.1 Å². The van der Waals surface area contributed by atoms with Gasteiger partial charge in [-0.15, -0.1) is 0 Å². The molecule has 1 rings (SSSR count). The molecule has 0 saturated heterocycles. The summed E-state index contributed by atoms with van der Waals surface area (Å²) < 4.78 is 0. The van der Waals surface area contributed by atoms with E-state index in [-0.39, 0.29) is 22.6 Å². The Morgan fingerprint density at radius 3 is 2.56 bits per heavy atom. The van der Waals surface area contributed by atoms with Gasteiger partial charge in [-0.2, -0.15) is 5.26 Å². The van der Waals surface area contributed by atoms with Crippen molar-refractivity contribution in [1.82, 2.24) is 0 Å². The van der Waals surface area contributed by atoms with E-state index in [1.54, 1.807) is 6.92 Å². The Morgan fingerprint density at radius 2 is 2.19 bits per heavy atom. The molecule has 0 saturated carbocycles. The highest BCUT2D eigenvalue weighted by Crippen LogP contribution is 2.27. The summed E-state index contributed by atoms with van der Waals surface area (Å²) in [4.78, 5) is 21.6. The maximum absolute atomic E-state index is 11.3. The zero-order valence-electron chi connectivity index (χ0n) is 8.98. The molecule has 0 N–H and O–H groups in total. The topological polar surface area (TPSA) is 84.0 Å². The van der Waals surface area contributed by atoms with Crippen molar-refractivity contribution >= 4 is 11.5 Å². The first kappa shape index (κ1) is 11.9. The van der Waals surface area contributed by atoms with Crippen molar-refractivity contribution in [2.24, 2.45) is 0 Å². The zero-order chi connectivity index (χ0) is 12.3. The Kier molecular flexibility index (Phi) is 3.36. The molecule has 0 aliphatic heterocycles. The van der Waals surface area contributed by atoms with Crippen LogP contribution in [0.1, 0.15) is 35.3 Å². The molecular weight excluding hydrogens is 208 g/mol. The molecule has 16 heavy (non-hydrogen) atoms. The van der Waals surface area contributed by atoms with Gasteiger partial charge in [0.1, 0.15) is 0 Å². The van der Waals surface area contributed by atoms with Crippen LogP contribution in [-0.4, -0.2) is 10.7 Å². The molecule has 0 unspecified atom stereocenters. The summed E-state index contributed by atoms with van der Waals surface area (Å²) in [6.07, 6.45) is 0.348. The number of nitro benzene ring substituents is 1. The first-order valence-corrected chi connectivity index (χ1v) is 4.74. The summed E-state index contributed by atoms with van der Waals surface area (Å²) in [6, 6.07) is 4.67. The van der Waals surface area contributed by atoms with Gasteiger partial charge in [-0.25, -0.2) is 0 Å². The van der Waals surface area contributed by atoms with Crippen molar-refractivity contribution in [3.63, 3.8) is 0 Å². The van der Waals surface area contributed by atoms with Crippen LogP contribution in [0.25, 0.3) is 0 Å². The molecule has 0 fully saturated rings. The Bertz CT molecular complexity index is 501. The number of nitrogens with zero attached hydrogens (tertiary/aromatic N) is 2. The Hall–Kier alpha value is -2.22. The van der Waals surface area contributed by atoms with E-state index in [2.05, 4.69) is 0 Å². The lowest BCUT2D eigenvalue weighted by atomic mass is 9.98. The molecule has 0 spiro atoms. The molecular formula is C11H10N2O3. The van der Waals surface area contributed by atoms with Crippen molar-refractivity contribution in [2.45, 2.75) is 20.3 Å². The number of nitro groups is 1. The van der Waals surface area contributed by atoms with Gasteiger partial charge in [0, 0.05) is 5.56 Å². The zero-order valence-corrected chi connectivity index (χ0v) is 8.98. The van der Waals surface area contributed by atoms with Crippen LogP contribution in [0.15, 0.2) is 12.1 Å². The molecule has 0 atom stereocenters. The van der Waals surface area contributed by atoms with Gasteiger partial charge in [-0.05, 0) is 25.5 Å². The molecule has 0 radical (unpaired) electrons. The van der Waals surface area contributed by atoms with Gasteiger partial charge in [-0.3, -0.25) is 14.9 Å². The molecule has 0 heterocycles. The van der Waals surface area contributed by atoms with Crippen LogP contribution in [0, 0.1) is 21.4 Å². The molecule has 0 amide bonds. The average molecular weight is 218 g/mol. The van der Waals surface area contributed by atoms with Crippen LogP contribution in [0.3, 0.4) is 0 Å². The maximum atomic E-state index is 11.3. The van der Waals surface area contributed by atoms with E-state index in [4.69, 9.17) is 5.26 Å². The largest absolute Gasteiger partial charge is 0.294 e. The van der Waals surface area contributed by atoms with Crippen molar-refractivity contribution in [1.29, 1.82) is 5.26 Å². The smallest absolute Gasteiger partial charge is 0.284 e. The number of carbonyl (C=O) groups is 1. The summed E-state index contributed by atoms with van der Waals surface area (Å²) in [5.74, 6) is -0.370. The predicted molar refractivity (Wildman–Crippen MR) is 57.2 cm³/mol. The second kappa shape index (κ2) is 4.53. The summed E-state index contributed by atoms with van der Waals surface area (Å²) in [7, 11) is 0. The predicted octanol–water partition coefficient (Wildman–Crippen LogP) is 2.23. The fourth-order valence-corrected chi connectivity index (χ4v) is 1.59. The SMILES string of the molecule is CCc1c(C#N)ccc(C(C)=O)c1[N+](=O)[O-]. The van der Waals surface area contributed by atoms with Gasteiger partial charge >= 0.3 is 0 Å². The first-order valence-electron chi connectivity index (χ1n) is 4.74. The molecule has 1 aromatic carbocycles. The van der Waals surface area contributed by atoms with Crippen molar-refractivity contribution in [2.75, 3.05) is 0 Å². The second-order valence-electron chi connectivity index (χ2n) is 3.27. The Balaban J connectivity index is 3.65. The van der Waals surface area contributed by atoms with E-state index in [1.165, 1.54) is 19.1 Å². The molecule has 82 valence electrons. The second-order valence-corrected chi connectivity index (χ2v) is 3.27. The summed E-state index contributed by atoms with van der Waals surface area (Å²) in [6.45, 7) is 2.99. The van der Waals surface area contributed by atoms with Gasteiger partial charge < -0.3 is 0 Å². The molecule has 1 aromatic rings. The molecule has 0 bridgehead atoms. The number of ketones is 1. The molecule has 5 heteroatoms. The van der Waals surface area contributed by atoms with E-state index in [1.807, 2.05) is 6.07 Å². The lowest BCUT2D eigenvalue weighted by Crippen LogP contribution is -2.05. The molecule has 0 aliphatic rings. The highest BCUT2D eigenvalue weighted by molar-refractivity contribution is 5.98. The lowest BCUT2D eigenvalue weighted by Gasteiger charge is -2.05.